The molecule has 3 aromatic rings. The Balaban J connectivity index is 1.39. The first-order chi connectivity index (χ1) is 13.6. The molecular weight excluding hydrogens is 356 g/mol. The van der Waals surface area contributed by atoms with Crippen LogP contribution in [0.1, 0.15) is 18.5 Å². The molecule has 0 saturated carbocycles. The molecule has 1 aliphatic heterocycles. The van der Waals surface area contributed by atoms with Crippen molar-refractivity contribution in [2.45, 2.75) is 13.0 Å². The molecule has 0 spiro atoms. The zero-order chi connectivity index (χ0) is 19.5. The van der Waals surface area contributed by atoms with Gasteiger partial charge in [-0.25, -0.2) is 9.78 Å². The second kappa shape index (κ2) is 7.85. The molecule has 0 bridgehead atoms. The van der Waals surface area contributed by atoms with Crippen molar-refractivity contribution in [3.05, 3.63) is 48.2 Å². The van der Waals surface area contributed by atoms with E-state index < -0.39 is 0 Å². The van der Waals surface area contributed by atoms with Crippen molar-refractivity contribution >= 4 is 28.6 Å². The summed E-state index contributed by atoms with van der Waals surface area (Å²) in [6, 6.07) is 11.2. The lowest BCUT2D eigenvalue weighted by Crippen LogP contribution is -2.49. The predicted octanol–water partition coefficient (Wildman–Crippen LogP) is 2.92. The molecule has 1 atom stereocenters. The van der Waals surface area contributed by atoms with Gasteiger partial charge in [-0.15, -0.1) is 0 Å². The van der Waals surface area contributed by atoms with Crippen LogP contribution in [0.25, 0.3) is 10.9 Å². The van der Waals surface area contributed by atoms with E-state index in [0.717, 1.165) is 42.0 Å². The van der Waals surface area contributed by atoms with Crippen LogP contribution in [0.2, 0.25) is 0 Å². The molecule has 0 unspecified atom stereocenters. The highest BCUT2D eigenvalue weighted by Crippen LogP contribution is 2.30. The summed E-state index contributed by atoms with van der Waals surface area (Å²) in [6.45, 7) is 4.56. The third-order valence-electron chi connectivity index (χ3n) is 4.97. The molecule has 4 rings (SSSR count). The van der Waals surface area contributed by atoms with Crippen LogP contribution >= 0.6 is 0 Å². The zero-order valence-corrected chi connectivity index (χ0v) is 16.0. The van der Waals surface area contributed by atoms with E-state index in [1.165, 1.54) is 0 Å². The van der Waals surface area contributed by atoms with Gasteiger partial charge in [0.15, 0.2) is 5.82 Å². The van der Waals surface area contributed by atoms with Crippen LogP contribution < -0.4 is 15.5 Å². The molecule has 0 aliphatic carbocycles. The number of nitrogens with one attached hydrogen (secondary N) is 3. The normalized spacial score (nSPS) is 15.3. The van der Waals surface area contributed by atoms with E-state index in [9.17, 15) is 4.79 Å². The minimum atomic E-state index is -0.298. The maximum absolute atomic E-state index is 12.3. The summed E-state index contributed by atoms with van der Waals surface area (Å²) < 4.78 is 5.19. The third kappa shape index (κ3) is 3.77. The minimum Gasteiger partial charge on any atom is -0.384 e. The van der Waals surface area contributed by atoms with Gasteiger partial charge in [0.05, 0.1) is 23.6 Å². The number of H-pyrrole nitrogens is 1. The maximum atomic E-state index is 12.3. The van der Waals surface area contributed by atoms with Crippen molar-refractivity contribution in [1.82, 2.24) is 20.5 Å². The fourth-order valence-electron chi connectivity index (χ4n) is 3.47. The van der Waals surface area contributed by atoms with Crippen molar-refractivity contribution in [2.24, 2.45) is 5.92 Å². The summed E-state index contributed by atoms with van der Waals surface area (Å²) in [5.74, 6) is 1.91. The van der Waals surface area contributed by atoms with Crippen LogP contribution in [0.4, 0.5) is 16.4 Å². The van der Waals surface area contributed by atoms with Crippen LogP contribution in [0.5, 0.6) is 0 Å². The molecule has 0 radical (unpaired) electrons. The quantitative estimate of drug-likeness (QED) is 0.611. The Kier molecular flexibility index (Phi) is 5.12. The summed E-state index contributed by atoms with van der Waals surface area (Å²) in [5, 5.41) is 14.1. The fraction of sp³-hybridized carbons (Fsp3) is 0.350. The predicted molar refractivity (Wildman–Crippen MR) is 108 cm³/mol. The van der Waals surface area contributed by atoms with Crippen LogP contribution in [0.3, 0.4) is 0 Å². The SMILES string of the molecule is COCC1CN(c2n[nH]c3cc(NC(=O)N[C@H](C)c4ccccc4)ncc23)C1. The number of pyridine rings is 1. The number of nitrogens with zero attached hydrogens (tertiary/aromatic N) is 3. The number of ether oxygens (including phenoxy) is 1. The van der Waals surface area contributed by atoms with Crippen LogP contribution in [-0.2, 0) is 4.74 Å². The Bertz CT molecular complexity index is 952. The highest BCUT2D eigenvalue weighted by Gasteiger charge is 2.29. The average Bonchev–Trinajstić information content (AvgIpc) is 3.07. The van der Waals surface area contributed by atoms with E-state index in [1.807, 2.05) is 37.3 Å². The molecule has 1 aromatic carbocycles. The summed E-state index contributed by atoms with van der Waals surface area (Å²) in [7, 11) is 1.72. The first-order valence-corrected chi connectivity index (χ1v) is 9.34. The fourth-order valence-corrected chi connectivity index (χ4v) is 3.47. The number of anilines is 2. The molecule has 1 saturated heterocycles. The van der Waals surface area contributed by atoms with Gasteiger partial charge in [0.2, 0.25) is 0 Å². The van der Waals surface area contributed by atoms with Gasteiger partial charge in [-0.3, -0.25) is 10.4 Å². The van der Waals surface area contributed by atoms with E-state index in [-0.39, 0.29) is 12.1 Å². The molecule has 2 amide bonds. The number of aromatic nitrogens is 3. The summed E-state index contributed by atoms with van der Waals surface area (Å²) in [5.41, 5.74) is 1.88. The van der Waals surface area contributed by atoms with Crippen molar-refractivity contribution < 1.29 is 9.53 Å². The Morgan fingerprint density at radius 3 is 2.89 bits per heavy atom. The highest BCUT2D eigenvalue weighted by molar-refractivity contribution is 5.94. The monoisotopic (exact) mass is 380 g/mol. The number of benzene rings is 1. The van der Waals surface area contributed by atoms with Crippen molar-refractivity contribution in [3.8, 4) is 0 Å². The Hall–Kier alpha value is -3.13. The summed E-state index contributed by atoms with van der Waals surface area (Å²) >= 11 is 0. The number of amides is 2. The molecule has 8 nitrogen and oxygen atoms in total. The lowest BCUT2D eigenvalue weighted by molar-refractivity contribution is 0.137. The van der Waals surface area contributed by atoms with Crippen molar-refractivity contribution in [2.75, 3.05) is 37.0 Å². The second-order valence-electron chi connectivity index (χ2n) is 7.12. The zero-order valence-electron chi connectivity index (χ0n) is 16.0. The van der Waals surface area contributed by atoms with E-state index in [0.29, 0.717) is 11.7 Å². The average molecular weight is 380 g/mol. The first kappa shape index (κ1) is 18.2. The molecule has 8 heteroatoms. The number of fused-ring (bicyclic) bond motifs is 1. The number of urea groups is 1. The molecule has 1 aliphatic rings. The number of carbonyl (C=O) groups is 1. The third-order valence-corrected chi connectivity index (χ3v) is 4.97. The minimum absolute atomic E-state index is 0.102. The summed E-state index contributed by atoms with van der Waals surface area (Å²) in [6.07, 6.45) is 1.74. The van der Waals surface area contributed by atoms with Crippen molar-refractivity contribution in [1.29, 1.82) is 0 Å². The van der Waals surface area contributed by atoms with E-state index in [2.05, 4.69) is 30.7 Å². The van der Waals surface area contributed by atoms with Crippen LogP contribution in [-0.4, -0.2) is 48.0 Å². The van der Waals surface area contributed by atoms with Gasteiger partial charge in [-0.05, 0) is 12.5 Å². The number of carbonyl (C=O) groups excluding carboxylic acids is 1. The van der Waals surface area contributed by atoms with Gasteiger partial charge >= 0.3 is 6.03 Å². The molecule has 3 heterocycles. The number of hydrogen-bond donors (Lipinski definition) is 3. The number of rotatable bonds is 6. The van der Waals surface area contributed by atoms with Crippen LogP contribution in [0, 0.1) is 5.92 Å². The lowest BCUT2D eigenvalue weighted by atomic mass is 10.0. The van der Waals surface area contributed by atoms with E-state index in [1.54, 1.807) is 19.4 Å². The smallest absolute Gasteiger partial charge is 0.320 e. The Labute approximate surface area is 163 Å². The number of methoxy groups -OCH3 is 1. The second-order valence-corrected chi connectivity index (χ2v) is 7.12. The van der Waals surface area contributed by atoms with E-state index >= 15 is 0 Å². The first-order valence-electron chi connectivity index (χ1n) is 9.34. The Morgan fingerprint density at radius 2 is 2.14 bits per heavy atom. The Morgan fingerprint density at radius 1 is 1.36 bits per heavy atom. The van der Waals surface area contributed by atoms with E-state index in [4.69, 9.17) is 4.74 Å². The van der Waals surface area contributed by atoms with Gasteiger partial charge in [-0.2, -0.15) is 5.10 Å². The van der Waals surface area contributed by atoms with Gasteiger partial charge in [0.25, 0.3) is 0 Å². The molecule has 3 N–H and O–H groups in total. The maximum Gasteiger partial charge on any atom is 0.320 e. The number of aromatic amines is 1. The molecule has 28 heavy (non-hydrogen) atoms. The van der Waals surface area contributed by atoms with Gasteiger partial charge in [0.1, 0.15) is 5.82 Å². The van der Waals surface area contributed by atoms with Gasteiger partial charge in [0, 0.05) is 38.4 Å². The number of hydrogen-bond acceptors (Lipinski definition) is 5. The topological polar surface area (TPSA) is 95.2 Å². The van der Waals surface area contributed by atoms with Crippen molar-refractivity contribution in [3.63, 3.8) is 0 Å². The van der Waals surface area contributed by atoms with Gasteiger partial charge in [-0.1, -0.05) is 30.3 Å². The van der Waals surface area contributed by atoms with Gasteiger partial charge < -0.3 is 15.0 Å². The highest BCUT2D eigenvalue weighted by atomic mass is 16.5. The lowest BCUT2D eigenvalue weighted by Gasteiger charge is -2.39. The molecule has 2 aromatic heterocycles. The molecule has 1 fully saturated rings. The van der Waals surface area contributed by atoms with Crippen LogP contribution in [0.15, 0.2) is 42.6 Å². The summed E-state index contributed by atoms with van der Waals surface area (Å²) in [4.78, 5) is 18.9. The molecular formula is C20H24N6O2. The standard InChI is InChI=1S/C20H24N6O2/c1-13(15-6-4-3-5-7-15)22-20(27)23-18-8-17-16(9-21-18)19(25-24-17)26-10-14(11-26)12-28-2/h3-9,13-14H,10-12H2,1-2H3,(H,24,25)(H2,21,22,23,27)/t13-/m1/s1. The molecule has 146 valence electrons. The largest absolute Gasteiger partial charge is 0.384 e.